The summed E-state index contributed by atoms with van der Waals surface area (Å²) in [5, 5.41) is 0. The van der Waals surface area contributed by atoms with Crippen LogP contribution < -0.4 is 0 Å². The predicted octanol–water partition coefficient (Wildman–Crippen LogP) is -0.531. The lowest BCUT2D eigenvalue weighted by molar-refractivity contribution is -0.113. The molecule has 3 nitrogen and oxygen atoms in total. The lowest BCUT2D eigenvalue weighted by Crippen LogP contribution is -2.11. The van der Waals surface area contributed by atoms with E-state index in [0.717, 1.165) is 4.90 Å². The third kappa shape index (κ3) is 5.65. The lowest BCUT2D eigenvalue weighted by atomic mass is 11.0. The Kier molecular flexibility index (Phi) is 8.81. The van der Waals surface area contributed by atoms with Crippen LogP contribution in [0, 0.1) is 0 Å². The maximum atomic E-state index is 9.64. The van der Waals surface area contributed by atoms with Gasteiger partial charge < -0.3 is 4.90 Å². The Balaban J connectivity index is 0. The summed E-state index contributed by atoms with van der Waals surface area (Å²) in [6, 6.07) is 0. The molecule has 0 heterocycles. The van der Waals surface area contributed by atoms with E-state index >= 15 is 0 Å². The van der Waals surface area contributed by atoms with Crippen LogP contribution in [0.1, 0.15) is 0 Å². The average molecular weight is 156 g/mol. The molecule has 48 valence electrons. The molecule has 0 fully saturated rings. The van der Waals surface area contributed by atoms with Gasteiger partial charge in [-0.2, -0.15) is 0 Å². The maximum Gasteiger partial charge on any atom is 0.214 e. The highest BCUT2D eigenvalue weighted by atomic mass is 35.5. The van der Waals surface area contributed by atoms with E-state index < -0.39 is 0 Å². The second-order valence-electron chi connectivity index (χ2n) is 0.973. The lowest BCUT2D eigenvalue weighted by Gasteiger charge is -1.94. The van der Waals surface area contributed by atoms with Gasteiger partial charge in [0, 0.05) is 7.05 Å². The minimum atomic E-state index is 0. The summed E-state index contributed by atoms with van der Waals surface area (Å²) in [7, 11) is 1.50. The van der Waals surface area contributed by atoms with Crippen molar-refractivity contribution < 1.29 is 9.00 Å². The number of hydrogen-bond donors (Lipinski definition) is 0. The van der Waals surface area contributed by atoms with Crippen LogP contribution in [0.5, 0.6) is 0 Å². The van der Waals surface area contributed by atoms with E-state index in [4.69, 9.17) is 0 Å². The molecule has 0 bridgehead atoms. The first-order chi connectivity index (χ1) is 3.31. The molecule has 0 saturated carbocycles. The number of carbonyl (C=O) groups is 1. The summed E-state index contributed by atoms with van der Waals surface area (Å²) in [5.74, 6) is 0. The zero-order valence-electron chi connectivity index (χ0n) is 4.23. The standard InChI is InChI=1S/C3H5NO2S.ClH/c1-4(2-5)3-7-6;/h2-3H,1H3;1H. The number of halogens is 1. The molecule has 0 rings (SSSR count). The zero-order valence-corrected chi connectivity index (χ0v) is 5.87. The summed E-state index contributed by atoms with van der Waals surface area (Å²) in [5.41, 5.74) is 1.17. The summed E-state index contributed by atoms with van der Waals surface area (Å²) in [6.45, 7) is 0. The normalized spacial score (nSPS) is 6.12. The Labute approximate surface area is 57.2 Å². The van der Waals surface area contributed by atoms with Crippen molar-refractivity contribution in [3.05, 3.63) is 0 Å². The second kappa shape index (κ2) is 6.65. The van der Waals surface area contributed by atoms with Crippen LogP contribution in [0.3, 0.4) is 0 Å². The van der Waals surface area contributed by atoms with E-state index in [1.54, 1.807) is 0 Å². The highest BCUT2D eigenvalue weighted by molar-refractivity contribution is 7.64. The van der Waals surface area contributed by atoms with Crippen LogP contribution in [-0.2, 0) is 16.1 Å². The maximum absolute atomic E-state index is 9.64. The quantitative estimate of drug-likeness (QED) is 0.397. The highest BCUT2D eigenvalue weighted by Crippen LogP contribution is 1.57. The molecule has 5 heteroatoms. The van der Waals surface area contributed by atoms with E-state index in [1.807, 2.05) is 0 Å². The van der Waals surface area contributed by atoms with Gasteiger partial charge in [0.2, 0.25) is 6.41 Å². The Morgan fingerprint density at radius 3 is 2.25 bits per heavy atom. The molecule has 0 spiro atoms. The molecule has 8 heavy (non-hydrogen) atoms. The molecule has 0 saturated heterocycles. The molecule has 0 aromatic carbocycles. The van der Waals surface area contributed by atoms with E-state index in [0.29, 0.717) is 6.41 Å². The summed E-state index contributed by atoms with van der Waals surface area (Å²) >= 11 is 0.254. The molecule has 1 amide bonds. The summed E-state index contributed by atoms with van der Waals surface area (Å²) in [4.78, 5) is 10.8. The number of rotatable bonds is 2. The van der Waals surface area contributed by atoms with Gasteiger partial charge >= 0.3 is 0 Å². The Morgan fingerprint density at radius 2 is 2.12 bits per heavy atom. The monoisotopic (exact) mass is 155 g/mol. The first-order valence-corrected chi connectivity index (χ1v) is 2.41. The van der Waals surface area contributed by atoms with Gasteiger partial charge in [0.25, 0.3) is 0 Å². The molecule has 0 aromatic rings. The van der Waals surface area contributed by atoms with Crippen molar-refractivity contribution in [3.63, 3.8) is 0 Å². The van der Waals surface area contributed by atoms with Crippen LogP contribution in [0.2, 0.25) is 0 Å². The molecular weight excluding hydrogens is 150 g/mol. The molecule has 0 N–H and O–H groups in total. The van der Waals surface area contributed by atoms with Crippen LogP contribution in [-0.4, -0.2) is 28.1 Å². The first-order valence-electron chi connectivity index (χ1n) is 1.60. The van der Waals surface area contributed by atoms with Crippen molar-refractivity contribution in [2.75, 3.05) is 7.05 Å². The average Bonchev–Trinajstić information content (AvgIpc) is 1.68. The van der Waals surface area contributed by atoms with Gasteiger partial charge in [-0.25, -0.2) is 4.21 Å². The van der Waals surface area contributed by atoms with Crippen molar-refractivity contribution in [1.29, 1.82) is 0 Å². The van der Waals surface area contributed by atoms with Gasteiger partial charge in [-0.15, -0.1) is 12.4 Å². The number of amides is 1. The second-order valence-corrected chi connectivity index (χ2v) is 1.38. The van der Waals surface area contributed by atoms with Crippen LogP contribution in [0.25, 0.3) is 0 Å². The highest BCUT2D eigenvalue weighted by Gasteiger charge is 1.78. The summed E-state index contributed by atoms with van der Waals surface area (Å²) in [6.07, 6.45) is 0.560. The minimum absolute atomic E-state index is 0. The van der Waals surface area contributed by atoms with Crippen molar-refractivity contribution in [2.45, 2.75) is 0 Å². The molecule has 0 aliphatic rings. The molecular formula is C3H6ClNO2S. The van der Waals surface area contributed by atoms with E-state index in [2.05, 4.69) is 0 Å². The molecule has 0 radical (unpaired) electrons. The third-order valence-electron chi connectivity index (χ3n) is 0.376. The van der Waals surface area contributed by atoms with Crippen molar-refractivity contribution in [3.8, 4) is 0 Å². The van der Waals surface area contributed by atoms with Crippen LogP contribution >= 0.6 is 12.4 Å². The zero-order chi connectivity index (χ0) is 5.70. The Hall–Kier alpha value is -0.350. The van der Waals surface area contributed by atoms with E-state index in [1.165, 1.54) is 12.5 Å². The van der Waals surface area contributed by atoms with Crippen LogP contribution in [0.4, 0.5) is 0 Å². The third-order valence-corrected chi connectivity index (χ3v) is 0.794. The van der Waals surface area contributed by atoms with Gasteiger partial charge in [-0.05, 0) is 0 Å². The fourth-order valence-electron chi connectivity index (χ4n) is 0.0927. The Bertz CT molecular complexity index is 112. The molecule has 0 aliphatic carbocycles. The van der Waals surface area contributed by atoms with Crippen molar-refractivity contribution in [1.82, 2.24) is 4.90 Å². The first kappa shape index (κ1) is 10.6. The number of nitrogens with zero attached hydrogens (tertiary/aromatic N) is 1. The molecule has 0 aromatic heterocycles. The fourth-order valence-corrected chi connectivity index (χ4v) is 0.278. The van der Waals surface area contributed by atoms with Gasteiger partial charge in [-0.1, -0.05) is 0 Å². The molecule has 0 unspecified atom stereocenters. The van der Waals surface area contributed by atoms with Crippen LogP contribution in [0.15, 0.2) is 0 Å². The van der Waals surface area contributed by atoms with Crippen molar-refractivity contribution in [2.24, 2.45) is 0 Å². The van der Waals surface area contributed by atoms with E-state index in [-0.39, 0.29) is 23.7 Å². The van der Waals surface area contributed by atoms with Gasteiger partial charge in [0.05, 0.1) is 0 Å². The molecule has 0 aliphatic heterocycles. The number of hydrogen-bond acceptors (Lipinski definition) is 2. The largest absolute Gasteiger partial charge is 0.313 e. The SMILES string of the molecule is CN(C=O)C=S=O.Cl. The van der Waals surface area contributed by atoms with E-state index in [9.17, 15) is 9.00 Å². The Morgan fingerprint density at radius 1 is 1.62 bits per heavy atom. The molecule has 0 atom stereocenters. The smallest absolute Gasteiger partial charge is 0.214 e. The summed E-state index contributed by atoms with van der Waals surface area (Å²) < 4.78 is 9.56. The topological polar surface area (TPSA) is 37.4 Å². The van der Waals surface area contributed by atoms with Gasteiger partial charge in [-0.3, -0.25) is 4.79 Å². The number of carbonyl (C=O) groups excluding carboxylic acids is 1. The van der Waals surface area contributed by atoms with Gasteiger partial charge in [0.15, 0.2) is 0 Å². The van der Waals surface area contributed by atoms with Gasteiger partial charge in [0.1, 0.15) is 16.7 Å². The van der Waals surface area contributed by atoms with Crippen molar-refractivity contribution >= 4 is 35.6 Å². The minimum Gasteiger partial charge on any atom is -0.313 e. The predicted molar refractivity (Wildman–Crippen MR) is 35.3 cm³/mol. The fraction of sp³-hybridized carbons (Fsp3) is 0.333.